The summed E-state index contributed by atoms with van der Waals surface area (Å²) in [7, 11) is -0.593. The van der Waals surface area contributed by atoms with Crippen LogP contribution in [0.25, 0.3) is 0 Å². The molecule has 0 atom stereocenters. The molecule has 2 aromatic heterocycles. The van der Waals surface area contributed by atoms with Crippen molar-refractivity contribution in [1.29, 1.82) is 0 Å². The van der Waals surface area contributed by atoms with Gasteiger partial charge in [0.1, 0.15) is 18.8 Å². The minimum Gasteiger partial charge on any atom is -0.340 e. The number of nitrogens with zero attached hydrogens (tertiary/aromatic N) is 3. The van der Waals surface area contributed by atoms with E-state index in [4.69, 9.17) is 0 Å². The molecule has 0 saturated heterocycles. The number of aromatic nitrogens is 2. The Morgan fingerprint density at radius 2 is 1.87 bits per heavy atom. The van der Waals surface area contributed by atoms with Gasteiger partial charge in [0.25, 0.3) is 5.91 Å². The number of aryl methyl sites for hydroxylation is 1. The van der Waals surface area contributed by atoms with E-state index in [2.05, 4.69) is 20.6 Å². The molecule has 3 heterocycles. The first kappa shape index (κ1) is 21.2. The maximum absolute atomic E-state index is 13.1. The molecule has 1 aliphatic heterocycles. The zero-order chi connectivity index (χ0) is 22.2. The molecule has 0 saturated carbocycles. The molecule has 1 aromatic carbocycles. The Hall–Kier alpha value is -3.02. The van der Waals surface area contributed by atoms with Gasteiger partial charge in [-0.25, -0.2) is 4.98 Å². The Bertz CT molecular complexity index is 1200. The third kappa shape index (κ3) is 4.24. The number of hydrogen-bond donors (Lipinski definition) is 2. The Labute approximate surface area is 182 Å². The zero-order valence-electron chi connectivity index (χ0n) is 18.1. The van der Waals surface area contributed by atoms with Crippen LogP contribution in [0.4, 0.5) is 17.3 Å². The summed E-state index contributed by atoms with van der Waals surface area (Å²) in [5.41, 5.74) is 4.09. The number of carbonyl (C=O) groups is 1. The number of para-hydroxylation sites is 1. The van der Waals surface area contributed by atoms with Crippen LogP contribution in [0, 0.1) is 6.92 Å². The number of carbonyl (C=O) groups excluding carboxylic acids is 1. The highest BCUT2D eigenvalue weighted by atomic mass is 31.2. The largest absolute Gasteiger partial charge is 0.340 e. The number of benzene rings is 1. The van der Waals surface area contributed by atoms with Gasteiger partial charge in [0.2, 0.25) is 0 Å². The molecule has 1 aliphatic rings. The number of fused-ring (bicyclic) bond motifs is 1. The molecule has 2 N–H and O–H groups in total. The van der Waals surface area contributed by atoms with E-state index in [-0.39, 0.29) is 5.91 Å². The molecular formula is C23H26N5O2P. The second kappa shape index (κ2) is 8.25. The fraction of sp³-hybridized carbons (Fsp3) is 0.261. The van der Waals surface area contributed by atoms with Crippen molar-refractivity contribution in [2.75, 3.05) is 30.6 Å². The summed E-state index contributed by atoms with van der Waals surface area (Å²) in [5, 5.41) is 7.17. The molecule has 4 rings (SSSR count). The molecule has 8 heteroatoms. The van der Waals surface area contributed by atoms with E-state index in [0.29, 0.717) is 30.3 Å². The summed E-state index contributed by atoms with van der Waals surface area (Å²) in [5.74, 6) is 1.08. The number of nitrogens with one attached hydrogen (secondary N) is 2. The van der Waals surface area contributed by atoms with Crippen LogP contribution in [0.1, 0.15) is 27.3 Å². The Morgan fingerprint density at radius 1 is 1.10 bits per heavy atom. The van der Waals surface area contributed by atoms with Gasteiger partial charge in [-0.2, -0.15) is 0 Å². The molecule has 0 radical (unpaired) electrons. The standard InChI is InChI=1S/C23H26N5O2P/c1-15-12-16-17(19(25-15)13-24-2)14-28(23(16)29)22-11-7-10-21(27-22)26-18-8-5-6-9-20(18)31(3,4)30/h5-12,24H,13-14H2,1-4H3,(H,26,27). The minimum atomic E-state index is -2.46. The number of anilines is 3. The lowest BCUT2D eigenvalue weighted by molar-refractivity contribution is 0.0996. The smallest absolute Gasteiger partial charge is 0.260 e. The second-order valence-corrected chi connectivity index (χ2v) is 11.2. The summed E-state index contributed by atoms with van der Waals surface area (Å²) < 4.78 is 12.7. The topological polar surface area (TPSA) is 87.2 Å². The third-order valence-corrected chi connectivity index (χ3v) is 6.78. The van der Waals surface area contributed by atoms with Crippen molar-refractivity contribution in [2.24, 2.45) is 0 Å². The van der Waals surface area contributed by atoms with E-state index in [1.807, 2.05) is 62.5 Å². The maximum Gasteiger partial charge on any atom is 0.260 e. The number of pyridine rings is 2. The lowest BCUT2D eigenvalue weighted by Crippen LogP contribution is -2.24. The van der Waals surface area contributed by atoms with Crippen molar-refractivity contribution in [3.05, 3.63) is 71.0 Å². The molecule has 0 spiro atoms. The highest BCUT2D eigenvalue weighted by molar-refractivity contribution is 7.70. The van der Waals surface area contributed by atoms with Crippen molar-refractivity contribution in [1.82, 2.24) is 15.3 Å². The molecule has 1 amide bonds. The van der Waals surface area contributed by atoms with Gasteiger partial charge in [0, 0.05) is 28.7 Å². The highest BCUT2D eigenvalue weighted by Crippen LogP contribution is 2.38. The normalized spacial score (nSPS) is 13.4. The summed E-state index contributed by atoms with van der Waals surface area (Å²) in [4.78, 5) is 24.1. The van der Waals surface area contributed by atoms with E-state index in [1.165, 1.54) is 0 Å². The average molecular weight is 435 g/mol. The van der Waals surface area contributed by atoms with Crippen molar-refractivity contribution >= 4 is 35.7 Å². The van der Waals surface area contributed by atoms with Gasteiger partial charge >= 0.3 is 0 Å². The van der Waals surface area contributed by atoms with Crippen LogP contribution >= 0.6 is 7.14 Å². The summed E-state index contributed by atoms with van der Waals surface area (Å²) >= 11 is 0. The predicted octanol–water partition coefficient (Wildman–Crippen LogP) is 3.66. The van der Waals surface area contributed by atoms with Crippen LogP contribution in [0.3, 0.4) is 0 Å². The van der Waals surface area contributed by atoms with Crippen LogP contribution in [0.15, 0.2) is 48.5 Å². The van der Waals surface area contributed by atoms with Crippen LogP contribution in [0.2, 0.25) is 0 Å². The summed E-state index contributed by atoms with van der Waals surface area (Å²) in [6.45, 7) is 6.43. The number of rotatable bonds is 6. The van der Waals surface area contributed by atoms with Gasteiger partial charge in [-0.15, -0.1) is 0 Å². The SMILES string of the molecule is CNCc1nc(C)cc2c1CN(c1cccc(Nc3ccccc3P(C)(C)=O)n1)C2=O. The molecule has 7 nitrogen and oxygen atoms in total. The molecular weight excluding hydrogens is 409 g/mol. The first-order valence-corrected chi connectivity index (χ1v) is 12.7. The van der Waals surface area contributed by atoms with Crippen LogP contribution in [-0.4, -0.2) is 36.3 Å². The van der Waals surface area contributed by atoms with E-state index in [0.717, 1.165) is 27.9 Å². The van der Waals surface area contributed by atoms with Crippen molar-refractivity contribution < 1.29 is 9.36 Å². The highest BCUT2D eigenvalue weighted by Gasteiger charge is 2.32. The van der Waals surface area contributed by atoms with Crippen molar-refractivity contribution in [3.8, 4) is 0 Å². The van der Waals surface area contributed by atoms with E-state index < -0.39 is 7.14 Å². The summed E-state index contributed by atoms with van der Waals surface area (Å²) in [6, 6.07) is 14.9. The van der Waals surface area contributed by atoms with Gasteiger partial charge in [0.05, 0.1) is 17.9 Å². The van der Waals surface area contributed by atoms with E-state index in [9.17, 15) is 9.36 Å². The monoisotopic (exact) mass is 435 g/mol. The Morgan fingerprint density at radius 3 is 2.61 bits per heavy atom. The van der Waals surface area contributed by atoms with Crippen LogP contribution in [0.5, 0.6) is 0 Å². The van der Waals surface area contributed by atoms with Crippen LogP contribution in [-0.2, 0) is 17.7 Å². The van der Waals surface area contributed by atoms with Crippen molar-refractivity contribution in [2.45, 2.75) is 20.0 Å². The fourth-order valence-corrected chi connectivity index (χ4v) is 4.99. The lowest BCUT2D eigenvalue weighted by atomic mass is 10.1. The molecule has 0 unspecified atom stereocenters. The van der Waals surface area contributed by atoms with Gasteiger partial charge in [0.15, 0.2) is 0 Å². The quantitative estimate of drug-likeness (QED) is 0.575. The van der Waals surface area contributed by atoms with Gasteiger partial charge < -0.3 is 15.2 Å². The second-order valence-electron chi connectivity index (χ2n) is 8.03. The summed E-state index contributed by atoms with van der Waals surface area (Å²) in [6.07, 6.45) is 0. The fourth-order valence-electron chi connectivity index (χ4n) is 3.84. The molecule has 160 valence electrons. The molecule has 31 heavy (non-hydrogen) atoms. The average Bonchev–Trinajstić information content (AvgIpc) is 3.05. The van der Waals surface area contributed by atoms with Gasteiger partial charge in [-0.1, -0.05) is 18.2 Å². The molecule has 0 fully saturated rings. The van der Waals surface area contributed by atoms with Crippen molar-refractivity contribution in [3.63, 3.8) is 0 Å². The first-order chi connectivity index (χ1) is 14.8. The number of hydrogen-bond acceptors (Lipinski definition) is 6. The first-order valence-electron chi connectivity index (χ1n) is 10.1. The number of amides is 1. The Balaban J connectivity index is 1.65. The van der Waals surface area contributed by atoms with E-state index >= 15 is 0 Å². The lowest BCUT2D eigenvalue weighted by Gasteiger charge is -2.18. The zero-order valence-corrected chi connectivity index (χ0v) is 19.0. The Kier molecular flexibility index (Phi) is 5.65. The molecule has 0 bridgehead atoms. The van der Waals surface area contributed by atoms with Gasteiger partial charge in [-0.05, 0) is 57.6 Å². The molecule has 0 aliphatic carbocycles. The molecule has 3 aromatic rings. The van der Waals surface area contributed by atoms with Crippen LogP contribution < -0.4 is 20.8 Å². The van der Waals surface area contributed by atoms with Gasteiger partial charge in [-0.3, -0.25) is 14.7 Å². The third-order valence-electron chi connectivity index (χ3n) is 5.23. The minimum absolute atomic E-state index is 0.0745. The maximum atomic E-state index is 13.1. The van der Waals surface area contributed by atoms with E-state index in [1.54, 1.807) is 18.2 Å². The predicted molar refractivity (Wildman–Crippen MR) is 125 cm³/mol.